The Labute approximate surface area is 223 Å². The summed E-state index contributed by atoms with van der Waals surface area (Å²) in [5.74, 6) is -0.915. The molecule has 9 nitrogen and oxygen atoms in total. The maximum absolute atomic E-state index is 16.3. The summed E-state index contributed by atoms with van der Waals surface area (Å²) < 4.78 is 36.4. The normalized spacial score (nSPS) is 19.0. The highest BCUT2D eigenvalue weighted by Crippen LogP contribution is 2.39. The Balaban J connectivity index is 1.52. The SMILES string of the molecule is CCc1c(F)ccc2cc(O)cc(-c3ncc4c(N5CCN6C(C5)C(=O)NC6(C)C)nc(OC)nc4c3F)c12. The van der Waals surface area contributed by atoms with Gasteiger partial charge >= 0.3 is 6.01 Å². The molecule has 6 rings (SSSR count). The van der Waals surface area contributed by atoms with Gasteiger partial charge in [-0.05, 0) is 54.8 Å². The maximum atomic E-state index is 16.3. The number of amides is 1. The number of aromatic nitrogens is 3. The lowest BCUT2D eigenvalue weighted by Gasteiger charge is -2.41. The third-order valence-electron chi connectivity index (χ3n) is 7.72. The summed E-state index contributed by atoms with van der Waals surface area (Å²) in [6, 6.07) is 5.37. The van der Waals surface area contributed by atoms with Crippen molar-refractivity contribution in [3.63, 3.8) is 0 Å². The number of carbonyl (C=O) groups is 1. The lowest BCUT2D eigenvalue weighted by atomic mass is 9.94. The zero-order valence-electron chi connectivity index (χ0n) is 22.0. The van der Waals surface area contributed by atoms with Crippen LogP contribution in [0.4, 0.5) is 14.6 Å². The molecular weight excluding hydrogens is 506 g/mol. The van der Waals surface area contributed by atoms with Gasteiger partial charge < -0.3 is 20.1 Å². The fraction of sp³-hybridized carbons (Fsp3) is 0.357. The minimum atomic E-state index is -0.744. The Hall–Kier alpha value is -4.12. The van der Waals surface area contributed by atoms with Crippen molar-refractivity contribution in [3.8, 4) is 23.0 Å². The second-order valence-corrected chi connectivity index (χ2v) is 10.4. The van der Waals surface area contributed by atoms with Crippen LogP contribution < -0.4 is 15.0 Å². The third-order valence-corrected chi connectivity index (χ3v) is 7.72. The molecule has 11 heteroatoms. The molecule has 2 N–H and O–H groups in total. The summed E-state index contributed by atoms with van der Waals surface area (Å²) in [5, 5.41) is 14.8. The lowest BCUT2D eigenvalue weighted by Crippen LogP contribution is -2.57. The molecule has 0 saturated carbocycles. The molecule has 39 heavy (non-hydrogen) atoms. The summed E-state index contributed by atoms with van der Waals surface area (Å²) in [6.07, 6.45) is 1.85. The molecule has 202 valence electrons. The molecule has 2 aromatic carbocycles. The Morgan fingerprint density at radius 2 is 2.00 bits per heavy atom. The minimum Gasteiger partial charge on any atom is -0.508 e. The highest BCUT2D eigenvalue weighted by molar-refractivity contribution is 6.02. The van der Waals surface area contributed by atoms with Crippen LogP contribution in [0.1, 0.15) is 26.3 Å². The summed E-state index contributed by atoms with van der Waals surface area (Å²) in [7, 11) is 1.40. The summed E-state index contributed by atoms with van der Waals surface area (Å²) in [4.78, 5) is 30.0. The molecule has 0 aliphatic carbocycles. The molecule has 1 atom stereocenters. The van der Waals surface area contributed by atoms with E-state index in [0.29, 0.717) is 53.6 Å². The van der Waals surface area contributed by atoms with Crippen LogP contribution in [0.5, 0.6) is 11.8 Å². The number of hydrogen-bond donors (Lipinski definition) is 2. The highest BCUT2D eigenvalue weighted by Gasteiger charge is 2.48. The van der Waals surface area contributed by atoms with Crippen LogP contribution in [0.3, 0.4) is 0 Å². The number of ether oxygens (including phenoxy) is 1. The van der Waals surface area contributed by atoms with Crippen LogP contribution in [-0.2, 0) is 11.2 Å². The number of anilines is 1. The van der Waals surface area contributed by atoms with Gasteiger partial charge in [0.05, 0.1) is 18.2 Å². The number of aromatic hydroxyl groups is 1. The van der Waals surface area contributed by atoms with E-state index in [4.69, 9.17) is 4.74 Å². The van der Waals surface area contributed by atoms with Crippen LogP contribution >= 0.6 is 0 Å². The first-order valence-electron chi connectivity index (χ1n) is 12.8. The molecule has 2 aliphatic heterocycles. The zero-order valence-corrected chi connectivity index (χ0v) is 22.0. The second kappa shape index (κ2) is 8.98. The van der Waals surface area contributed by atoms with Crippen molar-refractivity contribution >= 4 is 33.4 Å². The molecule has 0 radical (unpaired) electrons. The van der Waals surface area contributed by atoms with Crippen molar-refractivity contribution in [1.29, 1.82) is 0 Å². The first-order chi connectivity index (χ1) is 18.6. The molecule has 0 spiro atoms. The van der Waals surface area contributed by atoms with Crippen LogP contribution in [0, 0.1) is 11.6 Å². The molecule has 4 heterocycles. The standard InChI is InChI=1S/C28H28F2N6O3/c1-5-16-19(29)7-6-14-10-15(37)11-17(21(14)16)23-22(30)24-18(12-31-23)25(33-27(32-24)39-4)35-8-9-36-20(13-35)26(38)34-28(36,2)3/h6-7,10-12,20,37H,5,8-9,13H2,1-4H3,(H,34,38). The van der Waals surface area contributed by atoms with Crippen LogP contribution in [0.2, 0.25) is 0 Å². The zero-order chi connectivity index (χ0) is 27.6. The van der Waals surface area contributed by atoms with Gasteiger partial charge in [0.15, 0.2) is 5.82 Å². The third kappa shape index (κ3) is 3.91. The van der Waals surface area contributed by atoms with E-state index < -0.39 is 17.3 Å². The highest BCUT2D eigenvalue weighted by atomic mass is 19.1. The Kier molecular flexibility index (Phi) is 5.79. The van der Waals surface area contributed by atoms with E-state index in [0.717, 1.165) is 0 Å². The molecule has 0 bridgehead atoms. The number of aryl methyl sites for hydroxylation is 1. The van der Waals surface area contributed by atoms with Gasteiger partial charge in [-0.3, -0.25) is 14.7 Å². The first-order valence-corrected chi connectivity index (χ1v) is 12.8. The van der Waals surface area contributed by atoms with Gasteiger partial charge in [0, 0.05) is 31.4 Å². The Morgan fingerprint density at radius 1 is 1.21 bits per heavy atom. The first kappa shape index (κ1) is 25.2. The van der Waals surface area contributed by atoms with Crippen molar-refractivity contribution < 1.29 is 23.4 Å². The molecule has 2 fully saturated rings. The largest absolute Gasteiger partial charge is 0.508 e. The quantitative estimate of drug-likeness (QED) is 0.408. The Bertz CT molecular complexity index is 1660. The van der Waals surface area contributed by atoms with Gasteiger partial charge in [-0.2, -0.15) is 9.97 Å². The van der Waals surface area contributed by atoms with E-state index in [9.17, 15) is 14.3 Å². The van der Waals surface area contributed by atoms with E-state index >= 15 is 4.39 Å². The van der Waals surface area contributed by atoms with Crippen molar-refractivity contribution in [2.45, 2.75) is 38.9 Å². The van der Waals surface area contributed by atoms with Crippen LogP contribution in [0.25, 0.3) is 32.9 Å². The maximum Gasteiger partial charge on any atom is 0.318 e. The average molecular weight is 535 g/mol. The lowest BCUT2D eigenvalue weighted by molar-refractivity contribution is -0.121. The summed E-state index contributed by atoms with van der Waals surface area (Å²) in [6.45, 7) is 7.23. The number of rotatable bonds is 4. The molecule has 1 amide bonds. The second-order valence-electron chi connectivity index (χ2n) is 10.4. The van der Waals surface area contributed by atoms with E-state index in [1.807, 2.05) is 25.7 Å². The summed E-state index contributed by atoms with van der Waals surface area (Å²) >= 11 is 0. The topological polar surface area (TPSA) is 104 Å². The molecule has 2 saturated heterocycles. The number of nitrogens with one attached hydrogen (secondary N) is 1. The number of piperazine rings is 1. The molecule has 2 aromatic heterocycles. The monoisotopic (exact) mass is 534 g/mol. The van der Waals surface area contributed by atoms with E-state index in [-0.39, 0.29) is 40.5 Å². The molecular formula is C28H28F2N6O3. The fourth-order valence-corrected chi connectivity index (χ4v) is 5.90. The van der Waals surface area contributed by atoms with Crippen molar-refractivity contribution in [2.24, 2.45) is 0 Å². The molecule has 2 aliphatic rings. The van der Waals surface area contributed by atoms with Crippen LogP contribution in [0.15, 0.2) is 30.5 Å². The summed E-state index contributed by atoms with van der Waals surface area (Å²) in [5.41, 5.74) is 0.116. The Morgan fingerprint density at radius 3 is 2.74 bits per heavy atom. The van der Waals surface area contributed by atoms with Crippen molar-refractivity contribution in [1.82, 2.24) is 25.2 Å². The van der Waals surface area contributed by atoms with Gasteiger partial charge in [-0.15, -0.1) is 0 Å². The van der Waals surface area contributed by atoms with Gasteiger partial charge in [0.2, 0.25) is 5.91 Å². The van der Waals surface area contributed by atoms with E-state index in [2.05, 4.69) is 25.2 Å². The number of carbonyl (C=O) groups excluding carboxylic acids is 1. The average Bonchev–Trinajstić information content (AvgIpc) is 3.15. The van der Waals surface area contributed by atoms with Gasteiger partial charge in [-0.1, -0.05) is 13.0 Å². The molecule has 4 aromatic rings. The smallest absolute Gasteiger partial charge is 0.318 e. The number of halogens is 2. The number of phenolic OH excluding ortho intramolecular Hbond substituents is 1. The minimum absolute atomic E-state index is 0.0218. The number of phenols is 1. The van der Waals surface area contributed by atoms with Gasteiger partial charge in [-0.25, -0.2) is 8.78 Å². The van der Waals surface area contributed by atoms with Crippen molar-refractivity contribution in [3.05, 3.63) is 47.7 Å². The predicted molar refractivity (Wildman–Crippen MR) is 143 cm³/mol. The number of fused-ring (bicyclic) bond motifs is 3. The van der Waals surface area contributed by atoms with Crippen molar-refractivity contribution in [2.75, 3.05) is 31.6 Å². The van der Waals surface area contributed by atoms with Gasteiger partial charge in [0.1, 0.15) is 34.6 Å². The van der Waals surface area contributed by atoms with E-state index in [1.54, 1.807) is 6.07 Å². The number of nitrogens with zero attached hydrogens (tertiary/aromatic N) is 5. The molecule has 1 unspecified atom stereocenters. The number of benzene rings is 2. The number of pyridine rings is 1. The predicted octanol–water partition coefficient (Wildman–Crippen LogP) is 3.76. The van der Waals surface area contributed by atoms with E-state index in [1.165, 1.54) is 31.5 Å². The van der Waals surface area contributed by atoms with Crippen LogP contribution in [-0.4, -0.2) is 69.3 Å². The number of methoxy groups -OCH3 is 1. The number of hydrogen-bond acceptors (Lipinski definition) is 8. The fourth-order valence-electron chi connectivity index (χ4n) is 5.90. The van der Waals surface area contributed by atoms with Gasteiger partial charge in [0.25, 0.3) is 0 Å².